The lowest BCUT2D eigenvalue weighted by molar-refractivity contribution is -0.124. The summed E-state index contributed by atoms with van der Waals surface area (Å²) in [4.78, 5) is 16.4. The summed E-state index contributed by atoms with van der Waals surface area (Å²) < 4.78 is 7.31. The minimum absolute atomic E-state index is 0.0491. The molecular formula is C16H20ClN3O2. The molecule has 0 spiro atoms. The molecule has 0 unspecified atom stereocenters. The minimum atomic E-state index is 0.0491. The van der Waals surface area contributed by atoms with Crippen molar-refractivity contribution in [2.75, 3.05) is 6.61 Å². The first-order valence-corrected chi connectivity index (χ1v) is 8.05. The number of hydrogen-bond acceptors (Lipinski definition) is 3. The van der Waals surface area contributed by atoms with E-state index in [1.54, 1.807) is 0 Å². The van der Waals surface area contributed by atoms with E-state index < -0.39 is 0 Å². The van der Waals surface area contributed by atoms with E-state index in [2.05, 4.69) is 10.3 Å². The van der Waals surface area contributed by atoms with Crippen LogP contribution in [0.2, 0.25) is 5.15 Å². The Morgan fingerprint density at radius 1 is 1.50 bits per heavy atom. The maximum absolute atomic E-state index is 12.0. The van der Waals surface area contributed by atoms with Gasteiger partial charge in [0.2, 0.25) is 5.91 Å². The molecule has 118 valence electrons. The van der Waals surface area contributed by atoms with E-state index in [9.17, 15) is 4.79 Å². The summed E-state index contributed by atoms with van der Waals surface area (Å²) in [6, 6.07) is 5.69. The number of ether oxygens (including phenoxy) is 1. The van der Waals surface area contributed by atoms with E-state index >= 15 is 0 Å². The number of nitrogens with zero attached hydrogens (tertiary/aromatic N) is 2. The molecule has 1 aliphatic carbocycles. The van der Waals surface area contributed by atoms with Crippen molar-refractivity contribution in [3.63, 3.8) is 0 Å². The van der Waals surface area contributed by atoms with Gasteiger partial charge in [0, 0.05) is 19.2 Å². The highest BCUT2D eigenvalue weighted by molar-refractivity contribution is 6.30. The quantitative estimate of drug-likeness (QED) is 0.890. The van der Waals surface area contributed by atoms with Crippen LogP contribution in [0.25, 0.3) is 5.65 Å². The van der Waals surface area contributed by atoms with Crippen molar-refractivity contribution >= 4 is 23.2 Å². The van der Waals surface area contributed by atoms with Gasteiger partial charge in [0.15, 0.2) is 0 Å². The van der Waals surface area contributed by atoms with Crippen molar-refractivity contribution in [2.24, 2.45) is 5.92 Å². The fraction of sp³-hybridized carbons (Fsp3) is 0.500. The Hall–Kier alpha value is -1.59. The maximum Gasteiger partial charge on any atom is 0.220 e. The molecule has 3 rings (SSSR count). The number of rotatable bonds is 6. The Labute approximate surface area is 134 Å². The molecule has 5 nitrogen and oxygen atoms in total. The fourth-order valence-corrected chi connectivity index (χ4v) is 3.11. The normalized spacial score (nSPS) is 20.8. The van der Waals surface area contributed by atoms with Crippen molar-refractivity contribution in [1.82, 2.24) is 14.7 Å². The number of amides is 1. The highest BCUT2D eigenvalue weighted by Gasteiger charge is 2.31. The van der Waals surface area contributed by atoms with Crippen LogP contribution in [-0.2, 0) is 16.1 Å². The first kappa shape index (κ1) is 15.3. The molecule has 0 bridgehead atoms. The zero-order valence-corrected chi connectivity index (χ0v) is 13.3. The average Bonchev–Trinajstić information content (AvgIpc) is 2.80. The molecule has 1 fully saturated rings. The second-order valence-electron chi connectivity index (χ2n) is 5.67. The van der Waals surface area contributed by atoms with Crippen LogP contribution in [-0.4, -0.2) is 28.0 Å². The number of nitrogens with one attached hydrogen (secondary N) is 1. The van der Waals surface area contributed by atoms with Crippen molar-refractivity contribution in [2.45, 2.75) is 38.8 Å². The second-order valence-corrected chi connectivity index (χ2v) is 6.03. The summed E-state index contributed by atoms with van der Waals surface area (Å²) in [5.74, 6) is 0.487. The number of halogens is 1. The van der Waals surface area contributed by atoms with E-state index in [0.717, 1.165) is 25.1 Å². The summed E-state index contributed by atoms with van der Waals surface area (Å²) in [7, 11) is 0. The molecule has 2 aromatic heterocycles. The molecule has 0 radical (unpaired) electrons. The lowest BCUT2D eigenvalue weighted by Crippen LogP contribution is -2.35. The number of pyridine rings is 1. The summed E-state index contributed by atoms with van der Waals surface area (Å²) >= 11 is 6.27. The molecule has 0 atom stereocenters. The van der Waals surface area contributed by atoms with Crippen LogP contribution in [0.5, 0.6) is 0 Å². The molecule has 1 amide bonds. The summed E-state index contributed by atoms with van der Waals surface area (Å²) in [6.07, 6.45) is 4.72. The zero-order chi connectivity index (χ0) is 15.5. The van der Waals surface area contributed by atoms with Gasteiger partial charge in [0.1, 0.15) is 10.8 Å². The summed E-state index contributed by atoms with van der Waals surface area (Å²) in [6.45, 7) is 3.11. The van der Waals surface area contributed by atoms with Crippen LogP contribution in [0.15, 0.2) is 24.4 Å². The van der Waals surface area contributed by atoms with E-state index in [4.69, 9.17) is 16.3 Å². The average molecular weight is 322 g/mol. The molecule has 0 aliphatic heterocycles. The van der Waals surface area contributed by atoms with Gasteiger partial charge >= 0.3 is 0 Å². The van der Waals surface area contributed by atoms with E-state index in [1.165, 1.54) is 0 Å². The Balaban J connectivity index is 1.49. The predicted octanol–water partition coefficient (Wildman–Crippen LogP) is 2.81. The molecular weight excluding hydrogens is 302 g/mol. The Kier molecular flexibility index (Phi) is 4.64. The molecule has 2 aromatic rings. The van der Waals surface area contributed by atoms with Gasteiger partial charge < -0.3 is 10.1 Å². The molecule has 1 N–H and O–H groups in total. The Bertz CT molecular complexity index is 664. The number of imidazole rings is 1. The third-order valence-electron chi connectivity index (χ3n) is 4.06. The van der Waals surface area contributed by atoms with E-state index in [1.807, 2.05) is 35.7 Å². The van der Waals surface area contributed by atoms with Gasteiger partial charge in [0.05, 0.1) is 18.3 Å². The first-order chi connectivity index (χ1) is 10.7. The Morgan fingerprint density at radius 3 is 3.05 bits per heavy atom. The van der Waals surface area contributed by atoms with Crippen LogP contribution in [0.4, 0.5) is 0 Å². The molecule has 22 heavy (non-hydrogen) atoms. The van der Waals surface area contributed by atoms with Gasteiger partial charge in [-0.05, 0) is 37.8 Å². The van der Waals surface area contributed by atoms with Crippen LogP contribution in [0.3, 0.4) is 0 Å². The lowest BCUT2D eigenvalue weighted by Gasteiger charge is -2.34. The second kappa shape index (κ2) is 6.67. The van der Waals surface area contributed by atoms with Gasteiger partial charge in [-0.25, -0.2) is 4.98 Å². The number of hydrogen-bond donors (Lipinski definition) is 1. The van der Waals surface area contributed by atoms with Crippen molar-refractivity contribution in [3.8, 4) is 0 Å². The molecule has 1 saturated carbocycles. The predicted molar refractivity (Wildman–Crippen MR) is 84.8 cm³/mol. The lowest BCUT2D eigenvalue weighted by atomic mass is 9.80. The Morgan fingerprint density at radius 2 is 2.32 bits per heavy atom. The van der Waals surface area contributed by atoms with Gasteiger partial charge in [-0.3, -0.25) is 9.20 Å². The molecule has 2 heterocycles. The third-order valence-corrected chi connectivity index (χ3v) is 4.46. The van der Waals surface area contributed by atoms with Crippen LogP contribution >= 0.6 is 11.6 Å². The maximum atomic E-state index is 12.0. The molecule has 0 saturated heterocycles. The number of carbonyl (C=O) groups is 1. The molecule has 1 aliphatic rings. The monoisotopic (exact) mass is 321 g/mol. The topological polar surface area (TPSA) is 55.6 Å². The van der Waals surface area contributed by atoms with Gasteiger partial charge in [-0.2, -0.15) is 0 Å². The third kappa shape index (κ3) is 3.25. The standard InChI is InChI=1S/C16H20ClN3O2/c1-2-22-12-7-11(8-12)9-15(21)18-10-13-16(17)20-6-4-3-5-14(20)19-13/h3-6,11-12H,2,7-10H2,1H3,(H,18,21). The first-order valence-electron chi connectivity index (χ1n) is 7.67. The van der Waals surface area contributed by atoms with Gasteiger partial charge in [0.25, 0.3) is 0 Å². The molecule has 0 aromatic carbocycles. The van der Waals surface area contributed by atoms with Gasteiger partial charge in [-0.15, -0.1) is 0 Å². The smallest absolute Gasteiger partial charge is 0.220 e. The van der Waals surface area contributed by atoms with Crippen molar-refractivity contribution in [1.29, 1.82) is 0 Å². The SMILES string of the molecule is CCOC1CC(CC(=O)NCc2nc3ccccn3c2Cl)C1. The van der Waals surface area contributed by atoms with E-state index in [0.29, 0.717) is 35.8 Å². The van der Waals surface area contributed by atoms with Gasteiger partial charge in [-0.1, -0.05) is 17.7 Å². The minimum Gasteiger partial charge on any atom is -0.378 e. The fourth-order valence-electron chi connectivity index (χ4n) is 2.86. The van der Waals surface area contributed by atoms with Crippen LogP contribution in [0.1, 0.15) is 31.9 Å². The largest absolute Gasteiger partial charge is 0.378 e. The summed E-state index contributed by atoms with van der Waals surface area (Å²) in [5, 5.41) is 3.46. The summed E-state index contributed by atoms with van der Waals surface area (Å²) in [5.41, 5.74) is 1.48. The number of fused-ring (bicyclic) bond motifs is 1. The van der Waals surface area contributed by atoms with Crippen LogP contribution in [0, 0.1) is 5.92 Å². The van der Waals surface area contributed by atoms with E-state index in [-0.39, 0.29) is 5.91 Å². The number of aromatic nitrogens is 2. The zero-order valence-electron chi connectivity index (χ0n) is 12.6. The molecule has 6 heteroatoms. The van der Waals surface area contributed by atoms with Crippen molar-refractivity contribution in [3.05, 3.63) is 35.2 Å². The number of carbonyl (C=O) groups excluding carboxylic acids is 1. The van der Waals surface area contributed by atoms with Crippen LogP contribution < -0.4 is 5.32 Å². The highest BCUT2D eigenvalue weighted by atomic mass is 35.5. The van der Waals surface area contributed by atoms with Crippen molar-refractivity contribution < 1.29 is 9.53 Å². The highest BCUT2D eigenvalue weighted by Crippen LogP contribution is 2.32.